The zero-order chi connectivity index (χ0) is 17.4. The first kappa shape index (κ1) is 16.1. The van der Waals surface area contributed by atoms with Crippen LogP contribution in [0.3, 0.4) is 0 Å². The fraction of sp³-hybridized carbons (Fsp3) is 0.444. The molecule has 0 unspecified atom stereocenters. The van der Waals surface area contributed by atoms with E-state index >= 15 is 0 Å². The molecule has 2 aromatic heterocycles. The number of fused-ring (bicyclic) bond motifs is 1. The van der Waals surface area contributed by atoms with Gasteiger partial charge in [0.1, 0.15) is 5.76 Å². The number of para-hydroxylation sites is 2. The highest BCUT2D eigenvalue weighted by Gasteiger charge is 2.32. The molecule has 0 spiro atoms. The van der Waals surface area contributed by atoms with E-state index in [0.29, 0.717) is 31.6 Å². The summed E-state index contributed by atoms with van der Waals surface area (Å²) < 4.78 is 12.2. The van der Waals surface area contributed by atoms with Crippen LogP contribution in [0.15, 0.2) is 44.1 Å². The normalized spacial score (nSPS) is 21.4. The van der Waals surface area contributed by atoms with Crippen LogP contribution in [0.5, 0.6) is 0 Å². The van der Waals surface area contributed by atoms with Crippen molar-refractivity contribution in [2.75, 3.05) is 19.6 Å². The molecule has 1 aliphatic rings. The van der Waals surface area contributed by atoms with Gasteiger partial charge in [-0.1, -0.05) is 17.3 Å². The van der Waals surface area contributed by atoms with E-state index in [2.05, 4.69) is 10.1 Å². The minimum absolute atomic E-state index is 0.116. The highest BCUT2D eigenvalue weighted by atomic mass is 16.5. The lowest BCUT2D eigenvalue weighted by molar-refractivity contribution is 0.137. The molecule has 0 aliphatic carbocycles. The molecule has 4 rings (SSSR count). The Balaban J connectivity index is 1.40. The van der Waals surface area contributed by atoms with Gasteiger partial charge in [-0.15, -0.1) is 0 Å². The molecule has 1 aliphatic heterocycles. The zero-order valence-corrected chi connectivity index (χ0v) is 14.1. The maximum Gasteiger partial charge on any atom is 0.419 e. The first-order valence-corrected chi connectivity index (χ1v) is 8.51. The van der Waals surface area contributed by atoms with Crippen LogP contribution in [0.2, 0.25) is 0 Å². The van der Waals surface area contributed by atoms with Crippen molar-refractivity contribution >= 4 is 11.1 Å². The average molecular weight is 343 g/mol. The molecule has 1 aromatic carbocycles. The van der Waals surface area contributed by atoms with E-state index in [1.807, 2.05) is 31.2 Å². The SMILES string of the molecule is Cc1cc(C[C@@H]2CN(CCn3c(=O)oc4ccccc43)C[C@@H]2O)on1. The minimum atomic E-state index is -0.400. The number of oxazole rings is 1. The molecule has 0 bridgehead atoms. The summed E-state index contributed by atoms with van der Waals surface area (Å²) in [7, 11) is 0. The molecule has 132 valence electrons. The van der Waals surface area contributed by atoms with Crippen LogP contribution < -0.4 is 5.76 Å². The topological polar surface area (TPSA) is 84.6 Å². The fourth-order valence-corrected chi connectivity index (χ4v) is 3.56. The molecule has 2 atom stereocenters. The Hall–Kier alpha value is -2.38. The Morgan fingerprint density at radius 3 is 2.92 bits per heavy atom. The second-order valence-corrected chi connectivity index (χ2v) is 6.71. The Kier molecular flexibility index (Phi) is 4.19. The number of rotatable bonds is 5. The second-order valence-electron chi connectivity index (χ2n) is 6.71. The number of likely N-dealkylation sites (tertiary alicyclic amines) is 1. The van der Waals surface area contributed by atoms with Crippen LogP contribution in [-0.4, -0.2) is 45.5 Å². The standard InChI is InChI=1S/C18H21N3O4/c1-12-8-14(25-19-12)9-13-10-20(11-16(13)22)6-7-21-15-4-2-3-5-17(15)24-18(21)23/h2-5,8,13,16,22H,6-7,9-11H2,1H3/t13-,16+/m1/s1. The van der Waals surface area contributed by atoms with Crippen molar-refractivity contribution in [3.63, 3.8) is 0 Å². The van der Waals surface area contributed by atoms with E-state index in [-0.39, 0.29) is 11.7 Å². The number of aromatic nitrogens is 2. The highest BCUT2D eigenvalue weighted by molar-refractivity contribution is 5.72. The van der Waals surface area contributed by atoms with E-state index < -0.39 is 6.10 Å². The molecule has 3 heterocycles. The van der Waals surface area contributed by atoms with Gasteiger partial charge in [-0.2, -0.15) is 0 Å². The van der Waals surface area contributed by atoms with Gasteiger partial charge in [0, 0.05) is 44.6 Å². The van der Waals surface area contributed by atoms with Crippen molar-refractivity contribution in [1.29, 1.82) is 0 Å². The summed E-state index contributed by atoms with van der Waals surface area (Å²) in [5, 5.41) is 14.2. The van der Waals surface area contributed by atoms with Gasteiger partial charge in [-0.3, -0.25) is 9.47 Å². The third-order valence-electron chi connectivity index (χ3n) is 4.84. The lowest BCUT2D eigenvalue weighted by Gasteiger charge is -2.15. The lowest BCUT2D eigenvalue weighted by atomic mass is 10.0. The van der Waals surface area contributed by atoms with Gasteiger partial charge in [0.2, 0.25) is 0 Å². The van der Waals surface area contributed by atoms with E-state index in [9.17, 15) is 9.90 Å². The Morgan fingerprint density at radius 1 is 1.28 bits per heavy atom. The van der Waals surface area contributed by atoms with Crippen LogP contribution >= 0.6 is 0 Å². The zero-order valence-electron chi connectivity index (χ0n) is 14.1. The van der Waals surface area contributed by atoms with Gasteiger partial charge >= 0.3 is 5.76 Å². The molecule has 1 fully saturated rings. The molecule has 1 saturated heterocycles. The maximum atomic E-state index is 12.0. The quantitative estimate of drug-likeness (QED) is 0.754. The van der Waals surface area contributed by atoms with E-state index in [1.54, 1.807) is 10.6 Å². The predicted octanol–water partition coefficient (Wildman–Crippen LogP) is 1.43. The molecule has 0 saturated carbocycles. The Labute approximate surface area is 144 Å². The van der Waals surface area contributed by atoms with Crippen molar-refractivity contribution in [1.82, 2.24) is 14.6 Å². The monoisotopic (exact) mass is 343 g/mol. The third-order valence-corrected chi connectivity index (χ3v) is 4.84. The molecule has 7 nitrogen and oxygen atoms in total. The fourth-order valence-electron chi connectivity index (χ4n) is 3.56. The van der Waals surface area contributed by atoms with Crippen LogP contribution in [0.1, 0.15) is 11.5 Å². The van der Waals surface area contributed by atoms with Crippen molar-refractivity contribution in [3.8, 4) is 0 Å². The van der Waals surface area contributed by atoms with Crippen LogP contribution in [0.4, 0.5) is 0 Å². The number of β-amino-alcohol motifs (C(OH)–C–C–N with tert-alkyl or cyclic N) is 1. The number of hydrogen-bond donors (Lipinski definition) is 1. The first-order chi connectivity index (χ1) is 12.1. The van der Waals surface area contributed by atoms with Gasteiger partial charge < -0.3 is 14.0 Å². The van der Waals surface area contributed by atoms with Crippen LogP contribution in [0.25, 0.3) is 11.1 Å². The number of nitrogens with zero attached hydrogens (tertiary/aromatic N) is 3. The third kappa shape index (κ3) is 3.25. The van der Waals surface area contributed by atoms with Gasteiger partial charge in [0.15, 0.2) is 5.58 Å². The minimum Gasteiger partial charge on any atom is -0.408 e. The van der Waals surface area contributed by atoms with Gasteiger partial charge in [0.05, 0.1) is 17.3 Å². The molecule has 1 N–H and O–H groups in total. The van der Waals surface area contributed by atoms with Crippen molar-refractivity contribution in [3.05, 3.63) is 52.3 Å². The van der Waals surface area contributed by atoms with Gasteiger partial charge in [0.25, 0.3) is 0 Å². The van der Waals surface area contributed by atoms with E-state index in [4.69, 9.17) is 8.94 Å². The Morgan fingerprint density at radius 2 is 2.12 bits per heavy atom. The molecule has 0 radical (unpaired) electrons. The van der Waals surface area contributed by atoms with Crippen LogP contribution in [0, 0.1) is 12.8 Å². The number of aryl methyl sites for hydroxylation is 1. The van der Waals surface area contributed by atoms with E-state index in [0.717, 1.165) is 23.5 Å². The smallest absolute Gasteiger partial charge is 0.408 e. The average Bonchev–Trinajstić information content (AvgIpc) is 3.24. The number of hydrogen-bond acceptors (Lipinski definition) is 6. The van der Waals surface area contributed by atoms with E-state index in [1.165, 1.54) is 0 Å². The number of aliphatic hydroxyl groups excluding tert-OH is 1. The summed E-state index contributed by atoms with van der Waals surface area (Å²) in [5.41, 5.74) is 2.26. The van der Waals surface area contributed by atoms with Crippen molar-refractivity contribution in [2.24, 2.45) is 5.92 Å². The molecule has 7 heteroatoms. The van der Waals surface area contributed by atoms with Crippen LogP contribution in [-0.2, 0) is 13.0 Å². The highest BCUT2D eigenvalue weighted by Crippen LogP contribution is 2.22. The Bertz CT molecular complexity index is 926. The number of benzene rings is 1. The molecular weight excluding hydrogens is 322 g/mol. The molecular formula is C18H21N3O4. The molecule has 0 amide bonds. The largest absolute Gasteiger partial charge is 0.419 e. The van der Waals surface area contributed by atoms with Crippen molar-refractivity contribution in [2.45, 2.75) is 26.0 Å². The van der Waals surface area contributed by atoms with Crippen molar-refractivity contribution < 1.29 is 14.0 Å². The summed E-state index contributed by atoms with van der Waals surface area (Å²) in [6, 6.07) is 9.33. The number of aliphatic hydroxyl groups is 1. The molecule has 3 aromatic rings. The lowest BCUT2D eigenvalue weighted by Crippen LogP contribution is -2.28. The van der Waals surface area contributed by atoms with Gasteiger partial charge in [-0.25, -0.2) is 4.79 Å². The van der Waals surface area contributed by atoms with Gasteiger partial charge in [-0.05, 0) is 19.1 Å². The molecule has 25 heavy (non-hydrogen) atoms. The summed E-state index contributed by atoms with van der Waals surface area (Å²) in [6.07, 6.45) is 0.274. The second kappa shape index (κ2) is 6.50. The summed E-state index contributed by atoms with van der Waals surface area (Å²) in [4.78, 5) is 14.2. The summed E-state index contributed by atoms with van der Waals surface area (Å²) in [5.74, 6) is 0.584. The first-order valence-electron chi connectivity index (χ1n) is 8.51. The maximum absolute atomic E-state index is 12.0. The predicted molar refractivity (Wildman–Crippen MR) is 91.4 cm³/mol. The summed E-state index contributed by atoms with van der Waals surface area (Å²) >= 11 is 0. The summed E-state index contributed by atoms with van der Waals surface area (Å²) in [6.45, 7) is 4.48.